The highest BCUT2D eigenvalue weighted by Crippen LogP contribution is 2.40. The standard InChI is InChI=1S/C18H22N2O4/c21-16(22)11-19-17(23)15-10-13-8-4-5-9-14(13)20(15)18(24)12-6-2-1-3-7-12/h1-3,6-7,13-15H,4-5,8-11H2,(H,19,23)(H,21,22). The number of carbonyl (C=O) groups is 3. The predicted octanol–water partition coefficient (Wildman–Crippen LogP) is 1.66. The van der Waals surface area contributed by atoms with Crippen molar-refractivity contribution >= 4 is 17.8 Å². The number of aliphatic carboxylic acids is 1. The summed E-state index contributed by atoms with van der Waals surface area (Å²) in [6.45, 7) is -0.419. The van der Waals surface area contributed by atoms with Gasteiger partial charge in [-0.3, -0.25) is 14.4 Å². The zero-order chi connectivity index (χ0) is 17.1. The van der Waals surface area contributed by atoms with Gasteiger partial charge in [0.1, 0.15) is 12.6 Å². The Hall–Kier alpha value is -2.37. The van der Waals surface area contributed by atoms with Gasteiger partial charge in [-0.05, 0) is 37.3 Å². The van der Waals surface area contributed by atoms with Gasteiger partial charge in [-0.2, -0.15) is 0 Å². The van der Waals surface area contributed by atoms with E-state index in [1.54, 1.807) is 29.2 Å². The highest BCUT2D eigenvalue weighted by molar-refractivity contribution is 5.98. The fourth-order valence-corrected chi connectivity index (χ4v) is 4.00. The first kappa shape index (κ1) is 16.5. The Balaban J connectivity index is 1.84. The molecule has 1 saturated carbocycles. The third-order valence-electron chi connectivity index (χ3n) is 5.06. The van der Waals surface area contributed by atoms with Gasteiger partial charge in [-0.15, -0.1) is 0 Å². The van der Waals surface area contributed by atoms with E-state index < -0.39 is 18.6 Å². The van der Waals surface area contributed by atoms with E-state index in [4.69, 9.17) is 5.11 Å². The molecule has 6 nitrogen and oxygen atoms in total. The Labute approximate surface area is 140 Å². The number of fused-ring (bicyclic) bond motifs is 1. The molecular weight excluding hydrogens is 308 g/mol. The molecule has 1 aromatic rings. The third kappa shape index (κ3) is 3.27. The minimum Gasteiger partial charge on any atom is -0.480 e. The number of amides is 2. The van der Waals surface area contributed by atoms with Crippen LogP contribution in [0.1, 0.15) is 42.5 Å². The molecule has 6 heteroatoms. The van der Waals surface area contributed by atoms with Gasteiger partial charge < -0.3 is 15.3 Å². The van der Waals surface area contributed by atoms with Crippen LogP contribution in [0.2, 0.25) is 0 Å². The summed E-state index contributed by atoms with van der Waals surface area (Å²) in [5, 5.41) is 11.2. The van der Waals surface area contributed by atoms with Crippen molar-refractivity contribution in [2.75, 3.05) is 6.54 Å². The zero-order valence-corrected chi connectivity index (χ0v) is 13.5. The van der Waals surface area contributed by atoms with Crippen LogP contribution < -0.4 is 5.32 Å². The van der Waals surface area contributed by atoms with E-state index in [9.17, 15) is 14.4 Å². The Bertz CT molecular complexity index is 631. The van der Waals surface area contributed by atoms with E-state index >= 15 is 0 Å². The molecule has 0 bridgehead atoms. The van der Waals surface area contributed by atoms with Crippen LogP contribution >= 0.6 is 0 Å². The maximum absolute atomic E-state index is 13.0. The van der Waals surface area contributed by atoms with Gasteiger partial charge in [-0.25, -0.2) is 0 Å². The Morgan fingerprint density at radius 3 is 2.54 bits per heavy atom. The summed E-state index contributed by atoms with van der Waals surface area (Å²) in [5.41, 5.74) is 0.569. The minimum absolute atomic E-state index is 0.0760. The molecule has 2 N–H and O–H groups in total. The second kappa shape index (κ2) is 7.03. The van der Waals surface area contributed by atoms with Crippen LogP contribution in [0.3, 0.4) is 0 Å². The predicted molar refractivity (Wildman–Crippen MR) is 87.4 cm³/mol. The largest absolute Gasteiger partial charge is 0.480 e. The van der Waals surface area contributed by atoms with Gasteiger partial charge in [0.25, 0.3) is 5.91 Å². The number of likely N-dealkylation sites (tertiary alicyclic amines) is 1. The van der Waals surface area contributed by atoms with Gasteiger partial charge in [0.05, 0.1) is 0 Å². The lowest BCUT2D eigenvalue weighted by Gasteiger charge is -2.33. The number of hydrogen-bond acceptors (Lipinski definition) is 3. The van der Waals surface area contributed by atoms with Crippen LogP contribution in [-0.4, -0.2) is 46.4 Å². The number of nitrogens with one attached hydrogen (secondary N) is 1. The Morgan fingerprint density at radius 2 is 1.83 bits per heavy atom. The number of carbonyl (C=O) groups excluding carboxylic acids is 2. The number of carboxylic acids is 1. The van der Waals surface area contributed by atoms with Crippen molar-refractivity contribution in [3.8, 4) is 0 Å². The van der Waals surface area contributed by atoms with Crippen LogP contribution in [0, 0.1) is 5.92 Å². The first-order chi connectivity index (χ1) is 11.6. The maximum Gasteiger partial charge on any atom is 0.322 e. The topological polar surface area (TPSA) is 86.7 Å². The van der Waals surface area contributed by atoms with E-state index in [2.05, 4.69) is 5.32 Å². The second-order valence-electron chi connectivity index (χ2n) is 6.55. The summed E-state index contributed by atoms with van der Waals surface area (Å²) >= 11 is 0. The van der Waals surface area contributed by atoms with Gasteiger partial charge in [0, 0.05) is 11.6 Å². The van der Waals surface area contributed by atoms with Crippen LogP contribution in [0.5, 0.6) is 0 Å². The lowest BCUT2D eigenvalue weighted by Crippen LogP contribution is -2.50. The molecule has 1 saturated heterocycles. The molecule has 2 aliphatic rings. The monoisotopic (exact) mass is 330 g/mol. The summed E-state index contributed by atoms with van der Waals surface area (Å²) in [6.07, 6.45) is 4.73. The SMILES string of the molecule is O=C(O)CNC(=O)C1CC2CCCCC2N1C(=O)c1ccccc1. The molecule has 0 radical (unpaired) electrons. The van der Waals surface area contributed by atoms with Crippen molar-refractivity contribution in [3.63, 3.8) is 0 Å². The van der Waals surface area contributed by atoms with Gasteiger partial charge in [0.2, 0.25) is 5.91 Å². The molecule has 1 heterocycles. The van der Waals surface area contributed by atoms with Crippen LogP contribution in [0.15, 0.2) is 30.3 Å². The molecule has 128 valence electrons. The average Bonchev–Trinajstić information content (AvgIpc) is 2.99. The van der Waals surface area contributed by atoms with Crippen molar-refractivity contribution in [3.05, 3.63) is 35.9 Å². The normalized spacial score (nSPS) is 25.8. The molecule has 3 rings (SSSR count). The van der Waals surface area contributed by atoms with E-state index in [1.165, 1.54) is 0 Å². The van der Waals surface area contributed by atoms with Gasteiger partial charge in [-0.1, -0.05) is 31.0 Å². The van der Waals surface area contributed by atoms with E-state index in [-0.39, 0.29) is 17.9 Å². The van der Waals surface area contributed by atoms with Crippen molar-refractivity contribution in [2.45, 2.75) is 44.2 Å². The number of hydrogen-bond donors (Lipinski definition) is 2. The van der Waals surface area contributed by atoms with Crippen LogP contribution in [0.4, 0.5) is 0 Å². The van der Waals surface area contributed by atoms with Gasteiger partial charge in [0.15, 0.2) is 0 Å². The lowest BCUT2D eigenvalue weighted by molar-refractivity contribution is -0.138. The lowest BCUT2D eigenvalue weighted by atomic mass is 9.84. The summed E-state index contributed by atoms with van der Waals surface area (Å²) in [6, 6.07) is 8.47. The van der Waals surface area contributed by atoms with E-state index in [0.29, 0.717) is 17.9 Å². The van der Waals surface area contributed by atoms with Crippen LogP contribution in [0.25, 0.3) is 0 Å². The summed E-state index contributed by atoms with van der Waals surface area (Å²) in [4.78, 5) is 37.9. The Kier molecular flexibility index (Phi) is 4.83. The first-order valence-corrected chi connectivity index (χ1v) is 8.45. The molecule has 2 amide bonds. The fraction of sp³-hybridized carbons (Fsp3) is 0.500. The molecule has 24 heavy (non-hydrogen) atoms. The molecule has 1 aromatic carbocycles. The molecular formula is C18H22N2O4. The highest BCUT2D eigenvalue weighted by Gasteiger charge is 2.47. The second-order valence-corrected chi connectivity index (χ2v) is 6.55. The minimum atomic E-state index is -1.08. The quantitative estimate of drug-likeness (QED) is 0.879. The zero-order valence-electron chi connectivity index (χ0n) is 13.5. The van der Waals surface area contributed by atoms with Crippen LogP contribution in [-0.2, 0) is 9.59 Å². The van der Waals surface area contributed by atoms with Gasteiger partial charge >= 0.3 is 5.97 Å². The molecule has 3 unspecified atom stereocenters. The molecule has 1 aliphatic carbocycles. The van der Waals surface area contributed by atoms with E-state index in [1.807, 2.05) is 6.07 Å². The number of carboxylic acid groups (broad SMARTS) is 1. The van der Waals surface area contributed by atoms with Crippen molar-refractivity contribution < 1.29 is 19.5 Å². The maximum atomic E-state index is 13.0. The smallest absolute Gasteiger partial charge is 0.322 e. The van der Waals surface area contributed by atoms with Crippen molar-refractivity contribution in [2.24, 2.45) is 5.92 Å². The number of rotatable bonds is 4. The first-order valence-electron chi connectivity index (χ1n) is 8.45. The number of benzene rings is 1. The summed E-state index contributed by atoms with van der Waals surface area (Å²) < 4.78 is 0. The molecule has 0 aromatic heterocycles. The summed E-state index contributed by atoms with van der Waals surface area (Å²) in [7, 11) is 0. The van der Waals surface area contributed by atoms with E-state index in [0.717, 1.165) is 25.7 Å². The number of nitrogens with zero attached hydrogens (tertiary/aromatic N) is 1. The molecule has 0 spiro atoms. The molecule has 2 fully saturated rings. The average molecular weight is 330 g/mol. The van der Waals surface area contributed by atoms with Crippen molar-refractivity contribution in [1.29, 1.82) is 0 Å². The fourth-order valence-electron chi connectivity index (χ4n) is 4.00. The third-order valence-corrected chi connectivity index (χ3v) is 5.06. The molecule has 3 atom stereocenters. The highest BCUT2D eigenvalue weighted by atomic mass is 16.4. The Morgan fingerprint density at radius 1 is 1.12 bits per heavy atom. The molecule has 1 aliphatic heterocycles. The summed E-state index contributed by atoms with van der Waals surface area (Å²) in [5.74, 6) is -1.26. The van der Waals surface area contributed by atoms with Crippen molar-refractivity contribution in [1.82, 2.24) is 10.2 Å².